The molecule has 0 aromatic carbocycles. The molecular weight excluding hydrogens is 230 g/mol. The van der Waals surface area contributed by atoms with Gasteiger partial charge in [0.05, 0.1) is 9.94 Å². The minimum Gasteiger partial charge on any atom is -0.388 e. The van der Waals surface area contributed by atoms with Gasteiger partial charge < -0.3 is 10.4 Å². The Hall–Kier alpha value is -0.0900. The second-order valence-electron chi connectivity index (χ2n) is 4.42. The van der Waals surface area contributed by atoms with E-state index in [1.807, 2.05) is 19.1 Å². The molecule has 2 N–H and O–H groups in total. The molecule has 4 heteroatoms. The maximum absolute atomic E-state index is 10.1. The van der Waals surface area contributed by atoms with Gasteiger partial charge >= 0.3 is 0 Å². The topological polar surface area (TPSA) is 32.3 Å². The normalized spacial score (nSPS) is 15.6. The third-order valence-electron chi connectivity index (χ3n) is 2.08. The largest absolute Gasteiger partial charge is 0.388 e. The van der Waals surface area contributed by atoms with Gasteiger partial charge in [-0.3, -0.25) is 0 Å². The van der Waals surface area contributed by atoms with Crippen molar-refractivity contribution in [2.75, 3.05) is 6.54 Å². The molecular formula is C11H18ClNOS. The van der Waals surface area contributed by atoms with Crippen molar-refractivity contribution in [1.82, 2.24) is 5.32 Å². The van der Waals surface area contributed by atoms with Crippen LogP contribution in [0.5, 0.6) is 0 Å². The quantitative estimate of drug-likeness (QED) is 0.839. The van der Waals surface area contributed by atoms with Crippen molar-refractivity contribution >= 4 is 22.9 Å². The SMILES string of the molecule is CC(C)NCC(C)(O)Cc1ccc(Cl)s1. The lowest BCUT2D eigenvalue weighted by Gasteiger charge is -2.24. The lowest BCUT2D eigenvalue weighted by molar-refractivity contribution is 0.0589. The highest BCUT2D eigenvalue weighted by atomic mass is 35.5. The molecule has 15 heavy (non-hydrogen) atoms. The highest BCUT2D eigenvalue weighted by Crippen LogP contribution is 2.24. The minimum absolute atomic E-state index is 0.392. The van der Waals surface area contributed by atoms with Crippen molar-refractivity contribution in [3.63, 3.8) is 0 Å². The molecule has 0 saturated heterocycles. The van der Waals surface area contributed by atoms with Gasteiger partial charge in [0, 0.05) is 23.9 Å². The number of thiophene rings is 1. The molecule has 0 aliphatic rings. The van der Waals surface area contributed by atoms with Gasteiger partial charge in [0.2, 0.25) is 0 Å². The van der Waals surface area contributed by atoms with Crippen LogP contribution < -0.4 is 5.32 Å². The number of aliphatic hydroxyl groups is 1. The van der Waals surface area contributed by atoms with Crippen molar-refractivity contribution in [3.05, 3.63) is 21.3 Å². The number of rotatable bonds is 5. The summed E-state index contributed by atoms with van der Waals surface area (Å²) in [5.74, 6) is 0. The molecule has 1 aromatic rings. The first-order chi connectivity index (χ1) is 6.89. The first-order valence-electron chi connectivity index (χ1n) is 5.09. The zero-order valence-corrected chi connectivity index (χ0v) is 11.0. The molecule has 86 valence electrons. The second kappa shape index (κ2) is 5.30. The molecule has 0 spiro atoms. The fraction of sp³-hybridized carbons (Fsp3) is 0.636. The molecule has 0 fully saturated rings. The van der Waals surface area contributed by atoms with Crippen LogP contribution in [0.4, 0.5) is 0 Å². The van der Waals surface area contributed by atoms with Crippen LogP contribution >= 0.6 is 22.9 Å². The summed E-state index contributed by atoms with van der Waals surface area (Å²) in [4.78, 5) is 1.12. The van der Waals surface area contributed by atoms with Crippen LogP contribution in [0.3, 0.4) is 0 Å². The lowest BCUT2D eigenvalue weighted by Crippen LogP contribution is -2.42. The smallest absolute Gasteiger partial charge is 0.0931 e. The zero-order valence-electron chi connectivity index (χ0n) is 9.38. The van der Waals surface area contributed by atoms with Gasteiger partial charge in [-0.2, -0.15) is 0 Å². The van der Waals surface area contributed by atoms with Crippen molar-refractivity contribution in [3.8, 4) is 0 Å². The third kappa shape index (κ3) is 4.98. The maximum atomic E-state index is 10.1. The van der Waals surface area contributed by atoms with Crippen molar-refractivity contribution in [2.24, 2.45) is 0 Å². The Morgan fingerprint density at radius 3 is 2.67 bits per heavy atom. The van der Waals surface area contributed by atoms with Gasteiger partial charge in [0.15, 0.2) is 0 Å². The van der Waals surface area contributed by atoms with Crippen LogP contribution in [0.2, 0.25) is 4.34 Å². The fourth-order valence-electron chi connectivity index (χ4n) is 1.31. The second-order valence-corrected chi connectivity index (χ2v) is 6.21. The molecule has 0 aliphatic heterocycles. The third-order valence-corrected chi connectivity index (χ3v) is 3.31. The summed E-state index contributed by atoms with van der Waals surface area (Å²) in [5.41, 5.74) is -0.710. The van der Waals surface area contributed by atoms with Crippen LogP contribution in [0.25, 0.3) is 0 Å². The average molecular weight is 248 g/mol. The van der Waals surface area contributed by atoms with Crippen LogP contribution in [-0.4, -0.2) is 23.3 Å². The first-order valence-corrected chi connectivity index (χ1v) is 6.28. The van der Waals surface area contributed by atoms with Crippen LogP contribution in [-0.2, 0) is 6.42 Å². The van der Waals surface area contributed by atoms with Crippen molar-refractivity contribution in [1.29, 1.82) is 0 Å². The summed E-state index contributed by atoms with van der Waals surface area (Å²) in [6.45, 7) is 6.58. The molecule has 1 unspecified atom stereocenters. The highest BCUT2D eigenvalue weighted by Gasteiger charge is 2.21. The summed E-state index contributed by atoms with van der Waals surface area (Å²) in [5, 5.41) is 13.4. The van der Waals surface area contributed by atoms with Crippen molar-refractivity contribution in [2.45, 2.75) is 38.8 Å². The van der Waals surface area contributed by atoms with Gasteiger partial charge in [0.1, 0.15) is 0 Å². The molecule has 1 aromatic heterocycles. The summed E-state index contributed by atoms with van der Waals surface area (Å²) >= 11 is 7.36. The Balaban J connectivity index is 2.48. The number of nitrogens with one attached hydrogen (secondary N) is 1. The Morgan fingerprint density at radius 1 is 1.53 bits per heavy atom. The fourth-order valence-corrected chi connectivity index (χ4v) is 2.57. The predicted octanol–water partition coefficient (Wildman–Crippen LogP) is 2.69. The molecule has 1 heterocycles. The van der Waals surface area contributed by atoms with Gasteiger partial charge in [-0.15, -0.1) is 11.3 Å². The van der Waals surface area contributed by atoms with E-state index in [0.29, 0.717) is 19.0 Å². The summed E-state index contributed by atoms with van der Waals surface area (Å²) in [7, 11) is 0. The van der Waals surface area contributed by atoms with Gasteiger partial charge in [-0.25, -0.2) is 0 Å². The monoisotopic (exact) mass is 247 g/mol. The Labute approximate surface area is 100 Å². The Kier molecular flexibility index (Phi) is 4.59. The molecule has 1 atom stereocenters. The average Bonchev–Trinajstić information content (AvgIpc) is 2.47. The Bertz CT molecular complexity index is 309. The van der Waals surface area contributed by atoms with E-state index in [9.17, 15) is 5.11 Å². The van der Waals surface area contributed by atoms with Crippen LogP contribution in [0, 0.1) is 0 Å². The van der Waals surface area contributed by atoms with Gasteiger partial charge in [0.25, 0.3) is 0 Å². The van der Waals surface area contributed by atoms with E-state index in [1.165, 1.54) is 11.3 Å². The molecule has 0 saturated carbocycles. The minimum atomic E-state index is -0.710. The summed E-state index contributed by atoms with van der Waals surface area (Å²) in [6.07, 6.45) is 0.643. The first kappa shape index (κ1) is 13.0. The predicted molar refractivity (Wildman–Crippen MR) is 66.8 cm³/mol. The number of hydrogen-bond donors (Lipinski definition) is 2. The van der Waals surface area contributed by atoms with E-state index >= 15 is 0 Å². The standard InChI is InChI=1S/C11H18ClNOS/c1-8(2)13-7-11(3,14)6-9-4-5-10(12)15-9/h4-5,8,13-14H,6-7H2,1-3H3. The van der Waals surface area contributed by atoms with Gasteiger partial charge in [-0.1, -0.05) is 25.4 Å². The van der Waals surface area contributed by atoms with E-state index in [0.717, 1.165) is 9.21 Å². The zero-order chi connectivity index (χ0) is 11.5. The molecule has 2 nitrogen and oxygen atoms in total. The summed E-state index contributed by atoms with van der Waals surface area (Å²) in [6, 6.07) is 4.23. The molecule has 0 radical (unpaired) electrons. The van der Waals surface area contributed by atoms with E-state index in [-0.39, 0.29) is 0 Å². The summed E-state index contributed by atoms with van der Waals surface area (Å²) < 4.78 is 0.776. The number of halogens is 1. The van der Waals surface area contributed by atoms with Gasteiger partial charge in [-0.05, 0) is 19.1 Å². The molecule has 1 rings (SSSR count). The van der Waals surface area contributed by atoms with Crippen molar-refractivity contribution < 1.29 is 5.11 Å². The molecule has 0 aliphatic carbocycles. The van der Waals surface area contributed by atoms with E-state index in [2.05, 4.69) is 19.2 Å². The maximum Gasteiger partial charge on any atom is 0.0931 e. The molecule has 0 amide bonds. The Morgan fingerprint density at radius 2 is 2.20 bits per heavy atom. The number of hydrogen-bond acceptors (Lipinski definition) is 3. The van der Waals surface area contributed by atoms with E-state index in [1.54, 1.807) is 0 Å². The van der Waals surface area contributed by atoms with Crippen LogP contribution in [0.15, 0.2) is 12.1 Å². The lowest BCUT2D eigenvalue weighted by atomic mass is 10.0. The van der Waals surface area contributed by atoms with E-state index in [4.69, 9.17) is 11.6 Å². The highest BCUT2D eigenvalue weighted by molar-refractivity contribution is 7.16. The van der Waals surface area contributed by atoms with Crippen LogP contribution in [0.1, 0.15) is 25.6 Å². The molecule has 0 bridgehead atoms. The van der Waals surface area contributed by atoms with E-state index < -0.39 is 5.60 Å².